The monoisotopic (exact) mass is 259 g/mol. The zero-order valence-corrected chi connectivity index (χ0v) is 10.4. The highest BCUT2D eigenvalue weighted by Crippen LogP contribution is 2.30. The second kappa shape index (κ2) is 3.99. The van der Waals surface area contributed by atoms with E-state index < -0.39 is 0 Å². The number of nitrogens with zero attached hydrogens (tertiary/aromatic N) is 2. The van der Waals surface area contributed by atoms with Crippen LogP contribution >= 0.6 is 11.6 Å². The summed E-state index contributed by atoms with van der Waals surface area (Å²) in [4.78, 5) is 11.8. The number of nitrogens with one attached hydrogen (secondary N) is 1. The Balaban J connectivity index is 2.26. The second-order valence-electron chi connectivity index (χ2n) is 4.08. The van der Waals surface area contributed by atoms with Crippen molar-refractivity contribution in [2.45, 2.75) is 6.92 Å². The van der Waals surface area contributed by atoms with Gasteiger partial charge in [0.15, 0.2) is 5.65 Å². The number of halogens is 1. The molecule has 0 amide bonds. The molecule has 0 aliphatic heterocycles. The average Bonchev–Trinajstić information content (AvgIpc) is 2.77. The van der Waals surface area contributed by atoms with Crippen molar-refractivity contribution in [3.8, 4) is 17.1 Å². The lowest BCUT2D eigenvalue weighted by Crippen LogP contribution is -1.82. The van der Waals surface area contributed by atoms with Gasteiger partial charge in [0, 0.05) is 11.8 Å². The molecule has 2 aromatic heterocycles. The van der Waals surface area contributed by atoms with Gasteiger partial charge in [0.1, 0.15) is 11.6 Å². The van der Waals surface area contributed by atoms with Crippen LogP contribution in [0.25, 0.3) is 22.6 Å². The van der Waals surface area contributed by atoms with Crippen LogP contribution in [0.3, 0.4) is 0 Å². The van der Waals surface area contributed by atoms with E-state index in [0.29, 0.717) is 22.1 Å². The number of phenolic OH excluding ortho intramolecular Hbond substituents is 1. The van der Waals surface area contributed by atoms with E-state index in [9.17, 15) is 5.11 Å². The van der Waals surface area contributed by atoms with E-state index in [-0.39, 0.29) is 5.75 Å². The third-order valence-electron chi connectivity index (χ3n) is 2.81. The Bertz CT molecular complexity index is 736. The molecule has 2 heterocycles. The minimum absolute atomic E-state index is 0.152. The van der Waals surface area contributed by atoms with Gasteiger partial charge in [-0.2, -0.15) is 0 Å². The van der Waals surface area contributed by atoms with Gasteiger partial charge in [-0.25, -0.2) is 9.97 Å². The van der Waals surface area contributed by atoms with E-state index in [0.717, 1.165) is 11.1 Å². The fraction of sp³-hybridized carbons (Fsp3) is 0.0769. The fourth-order valence-electron chi connectivity index (χ4n) is 1.86. The number of rotatable bonds is 1. The number of aromatic hydroxyl groups is 1. The standard InChI is InChI=1S/C13H10ClN3O/c1-7-4-5-15-13-11(7)16-12(17-13)9-6-8(18)2-3-10(9)14/h2-6,18H,1H3,(H,15,16,17). The van der Waals surface area contributed by atoms with Crippen LogP contribution in [0.15, 0.2) is 30.5 Å². The normalized spacial score (nSPS) is 11.0. The van der Waals surface area contributed by atoms with Crippen LogP contribution < -0.4 is 0 Å². The van der Waals surface area contributed by atoms with Crippen LogP contribution in [0.1, 0.15) is 5.56 Å². The lowest BCUT2D eigenvalue weighted by Gasteiger charge is -2.00. The van der Waals surface area contributed by atoms with E-state index in [1.165, 1.54) is 6.07 Å². The summed E-state index contributed by atoms with van der Waals surface area (Å²) < 4.78 is 0. The number of pyridine rings is 1. The SMILES string of the molecule is Cc1ccnc2nc(-c3cc(O)ccc3Cl)[nH]c12. The Morgan fingerprint density at radius 2 is 2.11 bits per heavy atom. The van der Waals surface area contributed by atoms with Gasteiger partial charge >= 0.3 is 0 Å². The maximum atomic E-state index is 9.51. The number of phenols is 1. The van der Waals surface area contributed by atoms with Gasteiger partial charge < -0.3 is 10.1 Å². The predicted octanol–water partition coefficient (Wildman–Crippen LogP) is 3.29. The van der Waals surface area contributed by atoms with Crippen molar-refractivity contribution < 1.29 is 5.11 Å². The number of aromatic nitrogens is 3. The molecule has 0 saturated heterocycles. The first-order chi connectivity index (χ1) is 8.65. The summed E-state index contributed by atoms with van der Waals surface area (Å²) in [5.74, 6) is 0.757. The molecule has 1 aromatic carbocycles. The number of hydrogen-bond donors (Lipinski definition) is 2. The summed E-state index contributed by atoms with van der Waals surface area (Å²) >= 11 is 6.11. The molecule has 3 aromatic rings. The molecule has 2 N–H and O–H groups in total. The molecule has 0 atom stereocenters. The van der Waals surface area contributed by atoms with E-state index in [1.807, 2.05) is 13.0 Å². The Morgan fingerprint density at radius 3 is 2.89 bits per heavy atom. The predicted molar refractivity (Wildman–Crippen MR) is 70.7 cm³/mol. The molecule has 3 rings (SSSR count). The number of imidazole rings is 1. The highest BCUT2D eigenvalue weighted by Gasteiger charge is 2.11. The quantitative estimate of drug-likeness (QED) is 0.705. The van der Waals surface area contributed by atoms with Crippen molar-refractivity contribution in [1.29, 1.82) is 0 Å². The van der Waals surface area contributed by atoms with Crippen LogP contribution in [0.5, 0.6) is 5.75 Å². The minimum Gasteiger partial charge on any atom is -0.508 e. The average molecular weight is 260 g/mol. The van der Waals surface area contributed by atoms with Crippen molar-refractivity contribution in [2.75, 3.05) is 0 Å². The van der Waals surface area contributed by atoms with Crippen molar-refractivity contribution >= 4 is 22.8 Å². The van der Waals surface area contributed by atoms with Crippen LogP contribution in [0.2, 0.25) is 5.02 Å². The largest absolute Gasteiger partial charge is 0.508 e. The number of benzene rings is 1. The Kier molecular flexibility index (Phi) is 2.45. The zero-order chi connectivity index (χ0) is 12.7. The highest BCUT2D eigenvalue weighted by molar-refractivity contribution is 6.33. The fourth-order valence-corrected chi connectivity index (χ4v) is 2.06. The minimum atomic E-state index is 0.152. The van der Waals surface area contributed by atoms with Crippen LogP contribution in [0.4, 0.5) is 0 Å². The van der Waals surface area contributed by atoms with E-state index >= 15 is 0 Å². The molecule has 0 aliphatic carbocycles. The number of aryl methyl sites for hydroxylation is 1. The molecule has 0 bridgehead atoms. The van der Waals surface area contributed by atoms with E-state index in [1.54, 1.807) is 18.3 Å². The first kappa shape index (κ1) is 11.0. The molecule has 0 fully saturated rings. The van der Waals surface area contributed by atoms with Gasteiger partial charge in [0.05, 0.1) is 10.5 Å². The van der Waals surface area contributed by atoms with Crippen molar-refractivity contribution in [1.82, 2.24) is 15.0 Å². The smallest absolute Gasteiger partial charge is 0.178 e. The van der Waals surface area contributed by atoms with Gasteiger partial charge in [-0.3, -0.25) is 0 Å². The molecule has 5 heteroatoms. The van der Waals surface area contributed by atoms with Crippen LogP contribution in [-0.4, -0.2) is 20.1 Å². The summed E-state index contributed by atoms with van der Waals surface area (Å²) in [6.45, 7) is 1.98. The van der Waals surface area contributed by atoms with Crippen molar-refractivity contribution in [3.05, 3.63) is 41.0 Å². The summed E-state index contributed by atoms with van der Waals surface area (Å²) in [6, 6.07) is 6.67. The maximum absolute atomic E-state index is 9.51. The molecular weight excluding hydrogens is 250 g/mol. The van der Waals surface area contributed by atoms with Crippen molar-refractivity contribution in [2.24, 2.45) is 0 Å². The van der Waals surface area contributed by atoms with Gasteiger partial charge in [0.2, 0.25) is 0 Å². The molecule has 0 radical (unpaired) electrons. The first-order valence-corrected chi connectivity index (χ1v) is 5.83. The third-order valence-corrected chi connectivity index (χ3v) is 3.14. The van der Waals surface area contributed by atoms with Crippen LogP contribution in [0, 0.1) is 6.92 Å². The topological polar surface area (TPSA) is 61.8 Å². The molecule has 0 spiro atoms. The van der Waals surface area contributed by atoms with Gasteiger partial charge in [-0.15, -0.1) is 0 Å². The number of aromatic amines is 1. The maximum Gasteiger partial charge on any atom is 0.178 e. The zero-order valence-electron chi connectivity index (χ0n) is 9.61. The molecule has 18 heavy (non-hydrogen) atoms. The molecule has 4 nitrogen and oxygen atoms in total. The number of fused-ring (bicyclic) bond motifs is 1. The van der Waals surface area contributed by atoms with E-state index in [2.05, 4.69) is 15.0 Å². The summed E-state index contributed by atoms with van der Waals surface area (Å²) in [5.41, 5.74) is 3.25. The lowest BCUT2D eigenvalue weighted by molar-refractivity contribution is 0.475. The van der Waals surface area contributed by atoms with Gasteiger partial charge in [0.25, 0.3) is 0 Å². The number of hydrogen-bond acceptors (Lipinski definition) is 3. The first-order valence-electron chi connectivity index (χ1n) is 5.45. The summed E-state index contributed by atoms with van der Waals surface area (Å²) in [7, 11) is 0. The Labute approximate surface area is 108 Å². The molecule has 0 saturated carbocycles. The van der Waals surface area contributed by atoms with Gasteiger partial charge in [-0.1, -0.05) is 11.6 Å². The molecule has 0 aliphatic rings. The number of H-pyrrole nitrogens is 1. The third kappa shape index (κ3) is 1.71. The molecular formula is C13H10ClN3O. The van der Waals surface area contributed by atoms with Crippen molar-refractivity contribution in [3.63, 3.8) is 0 Å². The Morgan fingerprint density at radius 1 is 1.28 bits per heavy atom. The highest BCUT2D eigenvalue weighted by atomic mass is 35.5. The summed E-state index contributed by atoms with van der Waals surface area (Å²) in [6.07, 6.45) is 1.71. The molecule has 0 unspecified atom stereocenters. The van der Waals surface area contributed by atoms with Crippen LogP contribution in [-0.2, 0) is 0 Å². The van der Waals surface area contributed by atoms with Gasteiger partial charge in [-0.05, 0) is 36.8 Å². The second-order valence-corrected chi connectivity index (χ2v) is 4.48. The summed E-state index contributed by atoms with van der Waals surface area (Å²) in [5, 5.41) is 10.0. The van der Waals surface area contributed by atoms with E-state index in [4.69, 9.17) is 11.6 Å². The molecule has 90 valence electrons. The Hall–Kier alpha value is -2.07. The lowest BCUT2D eigenvalue weighted by atomic mass is 10.2.